The van der Waals surface area contributed by atoms with Gasteiger partial charge in [0.15, 0.2) is 0 Å². The van der Waals surface area contributed by atoms with Gasteiger partial charge in [0.05, 0.1) is 13.0 Å². The molecule has 2 N–H and O–H groups in total. The molecule has 0 rings (SSSR count). The molecule has 0 heterocycles. The van der Waals surface area contributed by atoms with Crippen molar-refractivity contribution in [1.82, 2.24) is 0 Å². The Morgan fingerprint density at radius 2 is 2.25 bits per heavy atom. The van der Waals surface area contributed by atoms with Crippen molar-refractivity contribution < 1.29 is 9.53 Å². The van der Waals surface area contributed by atoms with E-state index >= 15 is 0 Å². The molecular weight excluding hydrogens is 154 g/mol. The van der Waals surface area contributed by atoms with E-state index in [0.717, 1.165) is 12.8 Å². The Labute approximate surface area is 74.3 Å². The molecule has 0 aromatic heterocycles. The molecule has 12 heavy (non-hydrogen) atoms. The third kappa shape index (κ3) is 6.16. The third-order valence-electron chi connectivity index (χ3n) is 1.66. The highest BCUT2D eigenvalue weighted by atomic mass is 16.5. The Bertz CT molecular complexity index is 126. The van der Waals surface area contributed by atoms with E-state index in [2.05, 4.69) is 13.8 Å². The lowest BCUT2D eigenvalue weighted by Crippen LogP contribution is -2.15. The monoisotopic (exact) mass is 173 g/mol. The predicted octanol–water partition coefficient (Wildman–Crippen LogP) is 1.31. The first-order valence-electron chi connectivity index (χ1n) is 4.56. The zero-order valence-corrected chi connectivity index (χ0v) is 8.01. The quantitative estimate of drug-likeness (QED) is 0.616. The van der Waals surface area contributed by atoms with Gasteiger partial charge in [-0.25, -0.2) is 0 Å². The lowest BCUT2D eigenvalue weighted by Gasteiger charge is -2.09. The number of esters is 1. The van der Waals surface area contributed by atoms with E-state index in [0.29, 0.717) is 25.5 Å². The van der Waals surface area contributed by atoms with Gasteiger partial charge >= 0.3 is 5.97 Å². The SMILES string of the molecule is CCCC(C)COC(=O)CCN. The molecular formula is C9H19NO2. The molecule has 3 heteroatoms. The van der Waals surface area contributed by atoms with Crippen LogP contribution in [-0.4, -0.2) is 19.1 Å². The summed E-state index contributed by atoms with van der Waals surface area (Å²) < 4.78 is 4.98. The van der Waals surface area contributed by atoms with Crippen LogP contribution in [0.1, 0.15) is 33.1 Å². The van der Waals surface area contributed by atoms with Gasteiger partial charge in [0.25, 0.3) is 0 Å². The summed E-state index contributed by atoms with van der Waals surface area (Å²) in [5.41, 5.74) is 5.19. The number of carbonyl (C=O) groups excluding carboxylic acids is 1. The van der Waals surface area contributed by atoms with E-state index < -0.39 is 0 Å². The van der Waals surface area contributed by atoms with Gasteiger partial charge in [0.1, 0.15) is 0 Å². The Kier molecular flexibility index (Phi) is 6.76. The third-order valence-corrected chi connectivity index (χ3v) is 1.66. The fourth-order valence-electron chi connectivity index (χ4n) is 1.00. The van der Waals surface area contributed by atoms with Gasteiger partial charge in [-0.2, -0.15) is 0 Å². The van der Waals surface area contributed by atoms with Crippen LogP contribution in [0.2, 0.25) is 0 Å². The fourth-order valence-corrected chi connectivity index (χ4v) is 1.00. The molecule has 0 fully saturated rings. The molecule has 1 atom stereocenters. The van der Waals surface area contributed by atoms with E-state index in [1.807, 2.05) is 0 Å². The molecule has 1 unspecified atom stereocenters. The first-order chi connectivity index (χ1) is 5.70. The second kappa shape index (κ2) is 7.10. The minimum absolute atomic E-state index is 0.180. The van der Waals surface area contributed by atoms with E-state index in [1.54, 1.807) is 0 Å². The highest BCUT2D eigenvalue weighted by Crippen LogP contribution is 2.05. The van der Waals surface area contributed by atoms with Crippen LogP contribution in [0.15, 0.2) is 0 Å². The lowest BCUT2D eigenvalue weighted by molar-refractivity contribution is -0.144. The first-order valence-corrected chi connectivity index (χ1v) is 4.56. The largest absolute Gasteiger partial charge is 0.465 e. The van der Waals surface area contributed by atoms with Crippen LogP contribution in [-0.2, 0) is 9.53 Å². The fraction of sp³-hybridized carbons (Fsp3) is 0.889. The second-order valence-electron chi connectivity index (χ2n) is 3.12. The van der Waals surface area contributed by atoms with Crippen LogP contribution in [0.25, 0.3) is 0 Å². The van der Waals surface area contributed by atoms with Crippen molar-refractivity contribution in [3.8, 4) is 0 Å². The zero-order valence-electron chi connectivity index (χ0n) is 8.01. The molecule has 3 nitrogen and oxygen atoms in total. The molecule has 0 aliphatic rings. The average Bonchev–Trinajstić information content (AvgIpc) is 2.02. The molecule has 0 aliphatic carbocycles. The molecule has 0 aliphatic heterocycles. The predicted molar refractivity (Wildman–Crippen MR) is 48.7 cm³/mol. The minimum atomic E-state index is -0.180. The molecule has 0 aromatic carbocycles. The summed E-state index contributed by atoms with van der Waals surface area (Å²) >= 11 is 0. The number of rotatable bonds is 6. The maximum Gasteiger partial charge on any atom is 0.307 e. The maximum atomic E-state index is 10.8. The summed E-state index contributed by atoms with van der Waals surface area (Å²) in [5, 5.41) is 0. The summed E-state index contributed by atoms with van der Waals surface area (Å²) in [7, 11) is 0. The summed E-state index contributed by atoms with van der Waals surface area (Å²) in [4.78, 5) is 10.8. The standard InChI is InChI=1S/C9H19NO2/c1-3-4-8(2)7-12-9(11)5-6-10/h8H,3-7,10H2,1-2H3. The van der Waals surface area contributed by atoms with Gasteiger partial charge in [0, 0.05) is 6.54 Å². The molecule has 72 valence electrons. The molecule has 0 radical (unpaired) electrons. The smallest absolute Gasteiger partial charge is 0.307 e. The molecule has 0 amide bonds. The van der Waals surface area contributed by atoms with Gasteiger partial charge in [-0.05, 0) is 12.3 Å². The van der Waals surface area contributed by atoms with Crippen LogP contribution in [0.3, 0.4) is 0 Å². The summed E-state index contributed by atoms with van der Waals surface area (Å²) in [6, 6.07) is 0. The van der Waals surface area contributed by atoms with E-state index in [-0.39, 0.29) is 5.97 Å². The van der Waals surface area contributed by atoms with Crippen molar-refractivity contribution in [2.24, 2.45) is 11.7 Å². The van der Waals surface area contributed by atoms with Gasteiger partial charge < -0.3 is 10.5 Å². The van der Waals surface area contributed by atoms with Gasteiger partial charge in [-0.1, -0.05) is 20.3 Å². The Hall–Kier alpha value is -0.570. The first kappa shape index (κ1) is 11.4. The minimum Gasteiger partial charge on any atom is -0.465 e. The Balaban J connectivity index is 3.33. The van der Waals surface area contributed by atoms with Crippen LogP contribution in [0.4, 0.5) is 0 Å². The van der Waals surface area contributed by atoms with Crippen LogP contribution in [0.5, 0.6) is 0 Å². The molecule has 0 saturated heterocycles. The molecule has 0 aromatic rings. The van der Waals surface area contributed by atoms with Crippen molar-refractivity contribution in [2.45, 2.75) is 33.1 Å². The van der Waals surface area contributed by atoms with Crippen molar-refractivity contribution in [1.29, 1.82) is 0 Å². The van der Waals surface area contributed by atoms with Crippen LogP contribution >= 0.6 is 0 Å². The molecule has 0 spiro atoms. The summed E-state index contributed by atoms with van der Waals surface area (Å²) in [6.45, 7) is 5.12. The van der Waals surface area contributed by atoms with Crippen molar-refractivity contribution in [3.63, 3.8) is 0 Å². The highest BCUT2D eigenvalue weighted by molar-refractivity contribution is 5.69. The van der Waals surface area contributed by atoms with Gasteiger partial charge in [0.2, 0.25) is 0 Å². The molecule has 0 saturated carbocycles. The number of hydrogen-bond acceptors (Lipinski definition) is 3. The normalized spacial score (nSPS) is 12.6. The van der Waals surface area contributed by atoms with Gasteiger partial charge in [-0.3, -0.25) is 4.79 Å². The van der Waals surface area contributed by atoms with E-state index in [1.165, 1.54) is 0 Å². The van der Waals surface area contributed by atoms with Crippen molar-refractivity contribution in [2.75, 3.05) is 13.2 Å². The highest BCUT2D eigenvalue weighted by Gasteiger charge is 2.04. The Morgan fingerprint density at radius 1 is 1.58 bits per heavy atom. The molecule has 0 bridgehead atoms. The van der Waals surface area contributed by atoms with Crippen molar-refractivity contribution >= 4 is 5.97 Å². The van der Waals surface area contributed by atoms with Gasteiger partial charge in [-0.15, -0.1) is 0 Å². The zero-order chi connectivity index (χ0) is 9.40. The average molecular weight is 173 g/mol. The van der Waals surface area contributed by atoms with Crippen molar-refractivity contribution in [3.05, 3.63) is 0 Å². The van der Waals surface area contributed by atoms with E-state index in [9.17, 15) is 4.79 Å². The number of ether oxygens (including phenoxy) is 1. The summed E-state index contributed by atoms with van der Waals surface area (Å²) in [6.07, 6.45) is 2.57. The van der Waals surface area contributed by atoms with Crippen LogP contribution in [0, 0.1) is 5.92 Å². The number of carbonyl (C=O) groups is 1. The lowest BCUT2D eigenvalue weighted by atomic mass is 10.1. The Morgan fingerprint density at radius 3 is 2.75 bits per heavy atom. The van der Waals surface area contributed by atoms with Crippen LogP contribution < -0.4 is 5.73 Å². The number of hydrogen-bond donors (Lipinski definition) is 1. The summed E-state index contributed by atoms with van der Waals surface area (Å²) in [5.74, 6) is 0.289. The second-order valence-corrected chi connectivity index (χ2v) is 3.12. The topological polar surface area (TPSA) is 52.3 Å². The number of nitrogens with two attached hydrogens (primary N) is 1. The maximum absolute atomic E-state index is 10.8. The van der Waals surface area contributed by atoms with E-state index in [4.69, 9.17) is 10.5 Å².